The van der Waals surface area contributed by atoms with Gasteiger partial charge in [-0.3, -0.25) is 0 Å². The van der Waals surface area contributed by atoms with Gasteiger partial charge in [0.1, 0.15) is 5.75 Å². The van der Waals surface area contributed by atoms with Crippen LogP contribution in [-0.2, 0) is 0 Å². The molecule has 1 aromatic heterocycles. The normalized spacial score (nSPS) is 9.95. The maximum Gasteiger partial charge on any atom is 0.225 e. The number of benzene rings is 1. The molecule has 0 aliphatic heterocycles. The Balaban J connectivity index is 2.40. The number of hydrogen-bond donors (Lipinski definition) is 1. The number of hydrogen-bond acceptors (Lipinski definition) is 5. The molecule has 0 fully saturated rings. The van der Waals surface area contributed by atoms with E-state index in [0.29, 0.717) is 17.4 Å². The van der Waals surface area contributed by atoms with Crippen molar-refractivity contribution in [3.05, 3.63) is 40.6 Å². The monoisotopic (exact) mass is 268 g/mol. The molecule has 2 rings (SSSR count). The number of rotatable bonds is 3. The van der Waals surface area contributed by atoms with Crippen LogP contribution in [-0.4, -0.2) is 17.0 Å². The molecular weight excluding hydrogens is 252 g/mol. The topological polar surface area (TPSA) is 70.8 Å². The van der Waals surface area contributed by atoms with E-state index in [9.17, 15) is 0 Å². The lowest BCUT2D eigenvalue weighted by Gasteiger charge is -2.12. The SMILES string of the molecule is CNc1nc(C)cc(Oc2c(C)cc(C#N)cc2C)n1. The summed E-state index contributed by atoms with van der Waals surface area (Å²) in [5.41, 5.74) is 3.26. The Morgan fingerprint density at radius 1 is 1.10 bits per heavy atom. The molecule has 0 unspecified atom stereocenters. The molecule has 0 aliphatic carbocycles. The molecule has 0 bridgehead atoms. The summed E-state index contributed by atoms with van der Waals surface area (Å²) in [5.74, 6) is 1.73. The molecule has 1 N–H and O–H groups in total. The van der Waals surface area contributed by atoms with Crippen LogP contribution in [0.5, 0.6) is 11.6 Å². The molecule has 1 heterocycles. The first-order valence-electron chi connectivity index (χ1n) is 6.26. The molecule has 5 heteroatoms. The van der Waals surface area contributed by atoms with Crippen molar-refractivity contribution in [3.8, 4) is 17.7 Å². The predicted molar refractivity (Wildman–Crippen MR) is 77.0 cm³/mol. The number of nitriles is 1. The van der Waals surface area contributed by atoms with Gasteiger partial charge in [-0.15, -0.1) is 0 Å². The number of anilines is 1. The number of ether oxygens (including phenoxy) is 1. The Hall–Kier alpha value is -2.61. The molecule has 20 heavy (non-hydrogen) atoms. The third kappa shape index (κ3) is 2.86. The van der Waals surface area contributed by atoms with Crippen molar-refractivity contribution in [1.82, 2.24) is 9.97 Å². The second kappa shape index (κ2) is 5.57. The smallest absolute Gasteiger partial charge is 0.225 e. The van der Waals surface area contributed by atoms with E-state index in [-0.39, 0.29) is 0 Å². The number of aromatic nitrogens is 2. The molecule has 1 aromatic carbocycles. The second-order valence-electron chi connectivity index (χ2n) is 4.57. The van der Waals surface area contributed by atoms with Gasteiger partial charge >= 0.3 is 0 Å². The Morgan fingerprint density at radius 3 is 2.30 bits per heavy atom. The highest BCUT2D eigenvalue weighted by Crippen LogP contribution is 2.29. The molecule has 5 nitrogen and oxygen atoms in total. The van der Waals surface area contributed by atoms with Gasteiger partial charge in [-0.25, -0.2) is 4.98 Å². The van der Waals surface area contributed by atoms with Crippen LogP contribution >= 0.6 is 0 Å². The quantitative estimate of drug-likeness (QED) is 0.926. The van der Waals surface area contributed by atoms with E-state index < -0.39 is 0 Å². The minimum atomic E-state index is 0.484. The fourth-order valence-electron chi connectivity index (χ4n) is 1.98. The van der Waals surface area contributed by atoms with Gasteiger partial charge in [-0.2, -0.15) is 10.2 Å². The van der Waals surface area contributed by atoms with Crippen LogP contribution in [0.15, 0.2) is 18.2 Å². The van der Waals surface area contributed by atoms with Crippen molar-refractivity contribution in [2.45, 2.75) is 20.8 Å². The van der Waals surface area contributed by atoms with Gasteiger partial charge in [-0.1, -0.05) is 0 Å². The van der Waals surface area contributed by atoms with Gasteiger partial charge in [0, 0.05) is 18.8 Å². The lowest BCUT2D eigenvalue weighted by Crippen LogP contribution is -2.01. The average molecular weight is 268 g/mol. The number of nitrogens with zero attached hydrogens (tertiary/aromatic N) is 3. The summed E-state index contributed by atoms with van der Waals surface area (Å²) in [4.78, 5) is 8.48. The summed E-state index contributed by atoms with van der Waals surface area (Å²) in [7, 11) is 1.76. The van der Waals surface area contributed by atoms with Gasteiger partial charge in [0.05, 0.1) is 11.6 Å². The van der Waals surface area contributed by atoms with Crippen molar-refractivity contribution in [1.29, 1.82) is 5.26 Å². The zero-order chi connectivity index (χ0) is 14.7. The summed E-state index contributed by atoms with van der Waals surface area (Å²) in [6, 6.07) is 7.51. The van der Waals surface area contributed by atoms with Crippen LogP contribution < -0.4 is 10.1 Å². The zero-order valence-electron chi connectivity index (χ0n) is 12.0. The standard InChI is InChI=1S/C15H16N4O/c1-9-5-12(8-16)6-10(2)14(9)20-13-7-11(3)18-15(17-4)19-13/h5-7H,1-4H3,(H,17,18,19). The highest BCUT2D eigenvalue weighted by molar-refractivity contribution is 5.48. The number of aryl methyl sites for hydroxylation is 3. The van der Waals surface area contributed by atoms with Gasteiger partial charge < -0.3 is 10.1 Å². The second-order valence-corrected chi connectivity index (χ2v) is 4.57. The number of nitrogens with one attached hydrogen (secondary N) is 1. The van der Waals surface area contributed by atoms with E-state index in [1.807, 2.05) is 20.8 Å². The van der Waals surface area contributed by atoms with E-state index in [2.05, 4.69) is 21.4 Å². The summed E-state index contributed by atoms with van der Waals surface area (Å²) in [6.45, 7) is 5.71. The predicted octanol–water partition coefficient (Wildman–Crippen LogP) is 3.11. The zero-order valence-corrected chi connectivity index (χ0v) is 12.0. The van der Waals surface area contributed by atoms with Crippen molar-refractivity contribution in [3.63, 3.8) is 0 Å². The van der Waals surface area contributed by atoms with Crippen LogP contribution in [0.25, 0.3) is 0 Å². The summed E-state index contributed by atoms with van der Waals surface area (Å²) in [6.07, 6.45) is 0. The highest BCUT2D eigenvalue weighted by Gasteiger charge is 2.10. The summed E-state index contributed by atoms with van der Waals surface area (Å²) >= 11 is 0. The molecule has 2 aromatic rings. The largest absolute Gasteiger partial charge is 0.438 e. The fourth-order valence-corrected chi connectivity index (χ4v) is 1.98. The minimum absolute atomic E-state index is 0.484. The first kappa shape index (κ1) is 13.8. The van der Waals surface area contributed by atoms with E-state index in [4.69, 9.17) is 10.00 Å². The highest BCUT2D eigenvalue weighted by atomic mass is 16.5. The Labute approximate surface area is 118 Å². The third-order valence-electron chi connectivity index (χ3n) is 2.85. The van der Waals surface area contributed by atoms with Crippen LogP contribution in [0.3, 0.4) is 0 Å². The Kier molecular flexibility index (Phi) is 3.85. The van der Waals surface area contributed by atoms with Crippen molar-refractivity contribution < 1.29 is 4.74 Å². The molecule has 0 radical (unpaired) electrons. The maximum atomic E-state index is 8.95. The van der Waals surface area contributed by atoms with Crippen molar-refractivity contribution >= 4 is 5.95 Å². The summed E-state index contributed by atoms with van der Waals surface area (Å²) < 4.78 is 5.86. The Bertz CT molecular complexity index is 666. The van der Waals surface area contributed by atoms with E-state index in [1.54, 1.807) is 25.2 Å². The van der Waals surface area contributed by atoms with E-state index in [0.717, 1.165) is 22.6 Å². The Morgan fingerprint density at radius 2 is 1.75 bits per heavy atom. The first-order valence-corrected chi connectivity index (χ1v) is 6.26. The molecular formula is C15H16N4O. The molecule has 0 aliphatic rings. The van der Waals surface area contributed by atoms with Crippen molar-refractivity contribution in [2.75, 3.05) is 12.4 Å². The molecule has 102 valence electrons. The van der Waals surface area contributed by atoms with Gasteiger partial charge in [0.2, 0.25) is 11.8 Å². The third-order valence-corrected chi connectivity index (χ3v) is 2.85. The molecule has 0 saturated carbocycles. The molecule has 0 spiro atoms. The maximum absolute atomic E-state index is 8.95. The van der Waals surface area contributed by atoms with Crippen LogP contribution in [0.2, 0.25) is 0 Å². The van der Waals surface area contributed by atoms with E-state index in [1.165, 1.54) is 0 Å². The van der Waals surface area contributed by atoms with Gasteiger partial charge in [-0.05, 0) is 44.0 Å². The molecule has 0 atom stereocenters. The van der Waals surface area contributed by atoms with Crippen LogP contribution in [0, 0.1) is 32.1 Å². The van der Waals surface area contributed by atoms with Crippen LogP contribution in [0.1, 0.15) is 22.4 Å². The first-order chi connectivity index (χ1) is 9.53. The van der Waals surface area contributed by atoms with Crippen LogP contribution in [0.4, 0.5) is 5.95 Å². The minimum Gasteiger partial charge on any atom is -0.438 e. The lowest BCUT2D eigenvalue weighted by molar-refractivity contribution is 0.455. The van der Waals surface area contributed by atoms with Gasteiger partial charge in [0.15, 0.2) is 0 Å². The van der Waals surface area contributed by atoms with Crippen molar-refractivity contribution in [2.24, 2.45) is 0 Å². The molecule has 0 amide bonds. The van der Waals surface area contributed by atoms with E-state index >= 15 is 0 Å². The fraction of sp³-hybridized carbons (Fsp3) is 0.267. The summed E-state index contributed by atoms with van der Waals surface area (Å²) in [5, 5.41) is 11.8. The molecule has 0 saturated heterocycles. The average Bonchev–Trinajstić information content (AvgIpc) is 2.41. The van der Waals surface area contributed by atoms with Gasteiger partial charge in [0.25, 0.3) is 0 Å². The lowest BCUT2D eigenvalue weighted by atomic mass is 10.1.